The molecule has 1 atom stereocenters. The Morgan fingerprint density at radius 2 is 1.71 bits per heavy atom. The molecule has 4 saturated carbocycles. The molecule has 0 unspecified atom stereocenters. The van der Waals surface area contributed by atoms with Gasteiger partial charge in [-0.3, -0.25) is 9.59 Å². The molecular weight excluding hydrogens is 372 g/mol. The van der Waals surface area contributed by atoms with Crippen molar-refractivity contribution in [1.29, 1.82) is 0 Å². The smallest absolute Gasteiger partial charge is 0.243 e. The number of carbonyl (C=O) groups is 2. The van der Waals surface area contributed by atoms with Crippen molar-refractivity contribution in [1.82, 2.24) is 10.6 Å². The van der Waals surface area contributed by atoms with Crippen LogP contribution in [0.25, 0.3) is 0 Å². The number of hydrogen-bond acceptors (Lipinski definition) is 2. The minimum atomic E-state index is -0.500. The number of rotatable bonds is 6. The zero-order chi connectivity index (χ0) is 19.9. The first kappa shape index (κ1) is 19.8. The Morgan fingerprint density at radius 1 is 1.11 bits per heavy atom. The van der Waals surface area contributed by atoms with E-state index in [9.17, 15) is 9.59 Å². The molecule has 5 rings (SSSR count). The van der Waals surface area contributed by atoms with Gasteiger partial charge in [0, 0.05) is 17.0 Å². The molecule has 4 aliphatic rings. The summed E-state index contributed by atoms with van der Waals surface area (Å²) in [5.41, 5.74) is 0.727. The van der Waals surface area contributed by atoms with Gasteiger partial charge in [0.2, 0.25) is 11.8 Å². The molecule has 0 saturated heterocycles. The Bertz CT molecular complexity index is 725. The van der Waals surface area contributed by atoms with E-state index in [-0.39, 0.29) is 23.1 Å². The third kappa shape index (κ3) is 3.94. The highest BCUT2D eigenvalue weighted by molar-refractivity contribution is 6.30. The maximum Gasteiger partial charge on any atom is 0.243 e. The van der Waals surface area contributed by atoms with Crippen molar-refractivity contribution in [2.75, 3.05) is 0 Å². The van der Waals surface area contributed by atoms with Gasteiger partial charge in [-0.15, -0.1) is 0 Å². The topological polar surface area (TPSA) is 58.2 Å². The Morgan fingerprint density at radius 3 is 2.25 bits per heavy atom. The zero-order valence-corrected chi connectivity index (χ0v) is 17.6. The van der Waals surface area contributed by atoms with Crippen LogP contribution in [-0.4, -0.2) is 17.9 Å². The number of benzene rings is 1. The Balaban J connectivity index is 1.40. The van der Waals surface area contributed by atoms with Crippen molar-refractivity contribution < 1.29 is 9.59 Å². The number of amides is 2. The van der Waals surface area contributed by atoms with Crippen LogP contribution in [0.2, 0.25) is 5.02 Å². The van der Waals surface area contributed by atoms with Gasteiger partial charge in [-0.1, -0.05) is 37.6 Å². The molecule has 1 aromatic rings. The largest absolute Gasteiger partial charge is 0.350 e. The Kier molecular flexibility index (Phi) is 5.43. The lowest BCUT2D eigenvalue weighted by Gasteiger charge is -2.55. The van der Waals surface area contributed by atoms with Gasteiger partial charge < -0.3 is 10.6 Å². The van der Waals surface area contributed by atoms with Crippen molar-refractivity contribution in [3.63, 3.8) is 0 Å². The van der Waals surface area contributed by atoms with Gasteiger partial charge in [0.05, 0.1) is 0 Å². The molecule has 2 amide bonds. The molecule has 152 valence electrons. The molecule has 5 heteroatoms. The first-order valence-corrected chi connectivity index (χ1v) is 11.1. The summed E-state index contributed by atoms with van der Waals surface area (Å²) in [6.07, 6.45) is 6.96. The maximum absolute atomic E-state index is 13.3. The summed E-state index contributed by atoms with van der Waals surface area (Å²) >= 11 is 6.02. The highest BCUT2D eigenvalue weighted by Gasteiger charge is 2.55. The van der Waals surface area contributed by atoms with Gasteiger partial charge >= 0.3 is 0 Å². The summed E-state index contributed by atoms with van der Waals surface area (Å²) in [5, 5.41) is 6.77. The van der Waals surface area contributed by atoms with Gasteiger partial charge in [0.15, 0.2) is 0 Å². The second-order valence-electron chi connectivity index (χ2n) is 9.74. The lowest BCUT2D eigenvalue weighted by atomic mass is 9.49. The van der Waals surface area contributed by atoms with E-state index in [2.05, 4.69) is 10.6 Å². The average Bonchev–Trinajstić information content (AvgIpc) is 2.62. The summed E-state index contributed by atoms with van der Waals surface area (Å²) in [4.78, 5) is 26.2. The average molecular weight is 403 g/mol. The molecule has 0 aliphatic heterocycles. The summed E-state index contributed by atoms with van der Waals surface area (Å²) in [6.45, 7) is 4.39. The molecule has 0 spiro atoms. The van der Waals surface area contributed by atoms with Crippen LogP contribution in [-0.2, 0) is 16.1 Å². The SMILES string of the molecule is CC(C)[C@@H](NC(=O)C12CC3CC(CC(C3)C1)C2)C(=O)NCc1cccc(Cl)c1. The molecule has 0 heterocycles. The third-order valence-electron chi connectivity index (χ3n) is 7.11. The minimum absolute atomic E-state index is 0.0391. The number of nitrogens with one attached hydrogen (secondary N) is 2. The van der Waals surface area contributed by atoms with Gasteiger partial charge in [-0.2, -0.15) is 0 Å². The first-order valence-electron chi connectivity index (χ1n) is 10.7. The fourth-order valence-corrected chi connectivity index (χ4v) is 6.38. The number of hydrogen-bond donors (Lipinski definition) is 2. The molecule has 1 aromatic carbocycles. The van der Waals surface area contributed by atoms with E-state index in [1.165, 1.54) is 19.3 Å². The van der Waals surface area contributed by atoms with Gasteiger partial charge in [0.1, 0.15) is 6.04 Å². The lowest BCUT2D eigenvalue weighted by Crippen LogP contribution is -2.58. The summed E-state index contributed by atoms with van der Waals surface area (Å²) in [6, 6.07) is 6.97. The van der Waals surface area contributed by atoms with Crippen molar-refractivity contribution >= 4 is 23.4 Å². The van der Waals surface area contributed by atoms with Crippen molar-refractivity contribution in [3.05, 3.63) is 34.9 Å². The normalized spacial score (nSPS) is 31.6. The van der Waals surface area contributed by atoms with E-state index < -0.39 is 6.04 Å². The monoisotopic (exact) mass is 402 g/mol. The van der Waals surface area contributed by atoms with Crippen molar-refractivity contribution in [3.8, 4) is 0 Å². The number of carbonyl (C=O) groups excluding carboxylic acids is 2. The quantitative estimate of drug-likeness (QED) is 0.744. The third-order valence-corrected chi connectivity index (χ3v) is 7.35. The van der Waals surface area contributed by atoms with Gasteiger partial charge in [-0.05, 0) is 79.9 Å². The molecule has 4 aliphatic carbocycles. The van der Waals surface area contributed by atoms with Crippen LogP contribution in [0.4, 0.5) is 0 Å². The fraction of sp³-hybridized carbons (Fsp3) is 0.652. The zero-order valence-electron chi connectivity index (χ0n) is 16.8. The Labute approximate surface area is 172 Å². The molecule has 4 bridgehead atoms. The molecule has 0 radical (unpaired) electrons. The summed E-state index contributed by atoms with van der Waals surface area (Å²) in [5.74, 6) is 2.18. The van der Waals surface area contributed by atoms with Crippen LogP contribution >= 0.6 is 11.6 Å². The van der Waals surface area contributed by atoms with Crippen LogP contribution < -0.4 is 10.6 Å². The molecule has 28 heavy (non-hydrogen) atoms. The summed E-state index contributed by atoms with van der Waals surface area (Å²) < 4.78 is 0. The standard InChI is InChI=1S/C23H31ClN2O2/c1-14(2)20(21(27)25-13-15-4-3-5-19(24)9-15)26-22(28)23-10-16-6-17(11-23)8-18(7-16)12-23/h3-5,9,14,16-18,20H,6-8,10-13H2,1-2H3,(H,25,27)(H,26,28)/t16?,17?,18?,20-,23?/m1/s1. The van der Waals surface area contributed by atoms with E-state index in [0.29, 0.717) is 29.3 Å². The second kappa shape index (κ2) is 7.70. The molecular formula is C23H31ClN2O2. The molecule has 4 nitrogen and oxygen atoms in total. The van der Waals surface area contributed by atoms with E-state index >= 15 is 0 Å². The van der Waals surface area contributed by atoms with Crippen LogP contribution in [0.5, 0.6) is 0 Å². The highest BCUT2D eigenvalue weighted by Crippen LogP contribution is 2.60. The van der Waals surface area contributed by atoms with E-state index in [1.54, 1.807) is 0 Å². The first-order chi connectivity index (χ1) is 13.3. The lowest BCUT2D eigenvalue weighted by molar-refractivity contribution is -0.149. The predicted molar refractivity (Wildman–Crippen MR) is 111 cm³/mol. The molecule has 0 aromatic heterocycles. The van der Waals surface area contributed by atoms with E-state index in [0.717, 1.165) is 24.8 Å². The predicted octanol–water partition coefficient (Wildman–Crippen LogP) is 4.31. The minimum Gasteiger partial charge on any atom is -0.350 e. The van der Waals surface area contributed by atoms with Crippen molar-refractivity contribution in [2.45, 2.75) is 65.0 Å². The van der Waals surface area contributed by atoms with Crippen LogP contribution in [0.1, 0.15) is 57.9 Å². The van der Waals surface area contributed by atoms with E-state index in [4.69, 9.17) is 11.6 Å². The van der Waals surface area contributed by atoms with Gasteiger partial charge in [-0.25, -0.2) is 0 Å². The van der Waals surface area contributed by atoms with Crippen LogP contribution in [0, 0.1) is 29.1 Å². The maximum atomic E-state index is 13.3. The second-order valence-corrected chi connectivity index (χ2v) is 10.2. The van der Waals surface area contributed by atoms with Crippen LogP contribution in [0.15, 0.2) is 24.3 Å². The molecule has 4 fully saturated rings. The fourth-order valence-electron chi connectivity index (χ4n) is 6.16. The highest BCUT2D eigenvalue weighted by atomic mass is 35.5. The summed E-state index contributed by atoms with van der Waals surface area (Å²) in [7, 11) is 0. The van der Waals surface area contributed by atoms with E-state index in [1.807, 2.05) is 38.1 Å². The Hall–Kier alpha value is -1.55. The van der Waals surface area contributed by atoms with Gasteiger partial charge in [0.25, 0.3) is 0 Å². The molecule has 2 N–H and O–H groups in total. The van der Waals surface area contributed by atoms with Crippen molar-refractivity contribution in [2.24, 2.45) is 29.1 Å². The number of halogens is 1. The van der Waals surface area contributed by atoms with Crippen LogP contribution in [0.3, 0.4) is 0 Å².